The summed E-state index contributed by atoms with van der Waals surface area (Å²) in [6.45, 7) is 2.70. The van der Waals surface area contributed by atoms with E-state index in [0.717, 1.165) is 0 Å². The molecule has 2 N–H and O–H groups in total. The number of hydrazone groups is 1. The lowest BCUT2D eigenvalue weighted by molar-refractivity contribution is -0.159. The number of nitrogens with zero attached hydrogens (tertiary/aromatic N) is 1. The Bertz CT molecular complexity index is 481. The Morgan fingerprint density at radius 3 is 2.84 bits per heavy atom. The van der Waals surface area contributed by atoms with Crippen LogP contribution in [0.25, 0.3) is 0 Å². The van der Waals surface area contributed by atoms with Gasteiger partial charge in [0.2, 0.25) is 5.91 Å². The lowest BCUT2D eigenvalue weighted by atomic mass is 10.2. The highest BCUT2D eigenvalue weighted by molar-refractivity contribution is 5.85. The van der Waals surface area contributed by atoms with Crippen molar-refractivity contribution in [3.8, 4) is 5.75 Å². The second-order valence-electron chi connectivity index (χ2n) is 4.36. The quantitative estimate of drug-likeness (QED) is 0.628. The summed E-state index contributed by atoms with van der Waals surface area (Å²) in [5.74, 6) is -1.07. The summed E-state index contributed by atoms with van der Waals surface area (Å²) in [6.07, 6.45) is 1.46. The van der Waals surface area contributed by atoms with Gasteiger partial charge in [-0.1, -0.05) is 12.1 Å². The largest absolute Gasteiger partial charge is 0.507 e. The van der Waals surface area contributed by atoms with E-state index in [0.29, 0.717) is 18.8 Å². The predicted octanol–water partition coefficient (Wildman–Crippen LogP) is 0.995. The van der Waals surface area contributed by atoms with E-state index in [9.17, 15) is 9.90 Å². The number of phenolic OH excluding ortho intramolecular Hbond substituents is 1. The van der Waals surface area contributed by atoms with Crippen LogP contribution in [0.5, 0.6) is 5.75 Å². The highest BCUT2D eigenvalue weighted by atomic mass is 16.7. The number of carbonyl (C=O) groups excluding carboxylic acids is 1. The Hall–Kier alpha value is -1.92. The molecule has 102 valence electrons. The van der Waals surface area contributed by atoms with Crippen molar-refractivity contribution >= 4 is 12.1 Å². The number of rotatable bonds is 4. The van der Waals surface area contributed by atoms with E-state index in [2.05, 4.69) is 10.5 Å². The molecular formula is C13H16N2O4. The summed E-state index contributed by atoms with van der Waals surface area (Å²) in [4.78, 5) is 11.6. The van der Waals surface area contributed by atoms with Gasteiger partial charge in [0.25, 0.3) is 0 Å². The lowest BCUT2D eigenvalue weighted by Crippen LogP contribution is -2.33. The average Bonchev–Trinajstić information content (AvgIpc) is 2.78. The molecule has 6 heteroatoms. The van der Waals surface area contributed by atoms with Crippen LogP contribution in [0.4, 0.5) is 0 Å². The Labute approximate surface area is 111 Å². The van der Waals surface area contributed by atoms with E-state index in [1.54, 1.807) is 31.2 Å². The molecule has 0 radical (unpaired) electrons. The summed E-state index contributed by atoms with van der Waals surface area (Å²) in [5, 5.41) is 13.3. The fraction of sp³-hybridized carbons (Fsp3) is 0.385. The molecule has 1 aliphatic heterocycles. The van der Waals surface area contributed by atoms with Crippen molar-refractivity contribution in [2.45, 2.75) is 19.1 Å². The van der Waals surface area contributed by atoms with Crippen LogP contribution >= 0.6 is 0 Å². The van der Waals surface area contributed by atoms with Gasteiger partial charge < -0.3 is 14.6 Å². The maximum atomic E-state index is 11.6. The Morgan fingerprint density at radius 1 is 1.47 bits per heavy atom. The van der Waals surface area contributed by atoms with E-state index >= 15 is 0 Å². The highest BCUT2D eigenvalue weighted by Gasteiger charge is 2.33. The van der Waals surface area contributed by atoms with E-state index in [1.165, 1.54) is 6.21 Å². The van der Waals surface area contributed by atoms with Crippen molar-refractivity contribution < 1.29 is 19.4 Å². The van der Waals surface area contributed by atoms with E-state index in [-0.39, 0.29) is 18.1 Å². The molecule has 0 spiro atoms. The smallest absolute Gasteiger partial charge is 0.245 e. The van der Waals surface area contributed by atoms with Crippen LogP contribution in [0.2, 0.25) is 0 Å². The first-order chi connectivity index (χ1) is 9.09. The van der Waals surface area contributed by atoms with Crippen LogP contribution in [0.15, 0.2) is 29.4 Å². The van der Waals surface area contributed by atoms with Crippen LogP contribution in [-0.2, 0) is 14.3 Å². The number of benzene rings is 1. The first-order valence-corrected chi connectivity index (χ1v) is 5.97. The first-order valence-electron chi connectivity index (χ1n) is 5.97. The van der Waals surface area contributed by atoms with Gasteiger partial charge in [0, 0.05) is 5.56 Å². The topological polar surface area (TPSA) is 80.2 Å². The minimum Gasteiger partial charge on any atom is -0.507 e. The van der Waals surface area contributed by atoms with Gasteiger partial charge in [0.1, 0.15) is 5.75 Å². The monoisotopic (exact) mass is 264 g/mol. The SMILES string of the molecule is CC1(CC(=O)N/N=C/c2ccccc2O)OCCO1. The number of hydrogen-bond donors (Lipinski definition) is 2. The van der Waals surface area contributed by atoms with Crippen molar-refractivity contribution in [3.05, 3.63) is 29.8 Å². The Balaban J connectivity index is 1.85. The van der Waals surface area contributed by atoms with Crippen LogP contribution < -0.4 is 5.43 Å². The summed E-state index contributed by atoms with van der Waals surface area (Å²) in [5.41, 5.74) is 2.90. The lowest BCUT2D eigenvalue weighted by Gasteiger charge is -2.20. The third-order valence-electron chi connectivity index (χ3n) is 2.71. The molecule has 2 rings (SSSR count). The molecule has 1 saturated heterocycles. The van der Waals surface area contributed by atoms with Crippen molar-refractivity contribution in [3.63, 3.8) is 0 Å². The number of para-hydroxylation sites is 1. The molecule has 6 nitrogen and oxygen atoms in total. The minimum absolute atomic E-state index is 0.0745. The number of amides is 1. The van der Waals surface area contributed by atoms with Crippen LogP contribution in [0.1, 0.15) is 18.9 Å². The number of aromatic hydroxyl groups is 1. The van der Waals surface area contributed by atoms with E-state index in [4.69, 9.17) is 9.47 Å². The zero-order chi connectivity index (χ0) is 13.7. The standard InChI is InChI=1S/C13H16N2O4/c1-13(18-6-7-19-13)8-12(17)15-14-9-10-4-2-3-5-11(10)16/h2-5,9,16H,6-8H2,1H3,(H,15,17)/b14-9+. The van der Waals surface area contributed by atoms with Crippen LogP contribution in [-0.4, -0.2) is 36.2 Å². The third-order valence-corrected chi connectivity index (χ3v) is 2.71. The molecule has 0 unspecified atom stereocenters. The molecule has 1 aromatic carbocycles. The molecular weight excluding hydrogens is 248 g/mol. The van der Waals surface area contributed by atoms with Crippen molar-refractivity contribution in [1.29, 1.82) is 0 Å². The van der Waals surface area contributed by atoms with Gasteiger partial charge in [-0.25, -0.2) is 5.43 Å². The number of carbonyl (C=O) groups is 1. The highest BCUT2D eigenvalue weighted by Crippen LogP contribution is 2.22. The zero-order valence-electron chi connectivity index (χ0n) is 10.6. The zero-order valence-corrected chi connectivity index (χ0v) is 10.6. The number of ether oxygens (including phenoxy) is 2. The summed E-state index contributed by atoms with van der Waals surface area (Å²) in [7, 11) is 0. The maximum absolute atomic E-state index is 11.6. The van der Waals surface area contributed by atoms with E-state index in [1.807, 2.05) is 0 Å². The minimum atomic E-state index is -0.867. The summed E-state index contributed by atoms with van der Waals surface area (Å²) >= 11 is 0. The molecule has 0 bridgehead atoms. The van der Waals surface area contributed by atoms with Crippen molar-refractivity contribution in [2.75, 3.05) is 13.2 Å². The van der Waals surface area contributed by atoms with Gasteiger partial charge in [0.05, 0.1) is 25.8 Å². The number of phenols is 1. The van der Waals surface area contributed by atoms with Crippen molar-refractivity contribution in [2.24, 2.45) is 5.10 Å². The van der Waals surface area contributed by atoms with Gasteiger partial charge in [0.15, 0.2) is 5.79 Å². The molecule has 1 fully saturated rings. The Kier molecular flexibility index (Phi) is 4.13. The molecule has 1 aliphatic rings. The van der Waals surface area contributed by atoms with E-state index < -0.39 is 5.79 Å². The Morgan fingerprint density at radius 2 is 2.16 bits per heavy atom. The molecule has 1 heterocycles. The third kappa shape index (κ3) is 3.77. The van der Waals surface area contributed by atoms with Gasteiger partial charge in [-0.3, -0.25) is 4.79 Å². The first kappa shape index (κ1) is 13.5. The molecule has 0 aliphatic carbocycles. The van der Waals surface area contributed by atoms with Gasteiger partial charge >= 0.3 is 0 Å². The molecule has 19 heavy (non-hydrogen) atoms. The predicted molar refractivity (Wildman–Crippen MR) is 68.8 cm³/mol. The average molecular weight is 264 g/mol. The normalized spacial score (nSPS) is 17.7. The second-order valence-corrected chi connectivity index (χ2v) is 4.36. The van der Waals surface area contributed by atoms with Crippen LogP contribution in [0.3, 0.4) is 0 Å². The molecule has 0 atom stereocenters. The molecule has 0 aromatic heterocycles. The fourth-order valence-electron chi connectivity index (χ4n) is 1.76. The maximum Gasteiger partial charge on any atom is 0.245 e. The molecule has 1 amide bonds. The van der Waals surface area contributed by atoms with Gasteiger partial charge in [-0.15, -0.1) is 0 Å². The molecule has 0 saturated carbocycles. The second kappa shape index (κ2) is 5.81. The number of nitrogens with one attached hydrogen (secondary N) is 1. The van der Waals surface area contributed by atoms with Gasteiger partial charge in [-0.2, -0.15) is 5.10 Å². The molecule has 1 aromatic rings. The van der Waals surface area contributed by atoms with Crippen molar-refractivity contribution in [1.82, 2.24) is 5.43 Å². The summed E-state index contributed by atoms with van der Waals surface area (Å²) < 4.78 is 10.6. The fourth-order valence-corrected chi connectivity index (χ4v) is 1.76. The number of hydrogen-bond acceptors (Lipinski definition) is 5. The summed E-state index contributed by atoms with van der Waals surface area (Å²) in [6, 6.07) is 6.71. The van der Waals surface area contributed by atoms with Crippen LogP contribution in [0, 0.1) is 0 Å². The van der Waals surface area contributed by atoms with Gasteiger partial charge in [-0.05, 0) is 19.1 Å².